The van der Waals surface area contributed by atoms with Crippen LogP contribution in [0.4, 0.5) is 5.69 Å². The van der Waals surface area contributed by atoms with Gasteiger partial charge in [0, 0.05) is 38.3 Å². The van der Waals surface area contributed by atoms with Crippen molar-refractivity contribution in [1.29, 1.82) is 0 Å². The second-order valence-corrected chi connectivity index (χ2v) is 16.5. The number of nitrogens with one attached hydrogen (secondary N) is 1. The van der Waals surface area contributed by atoms with E-state index in [4.69, 9.17) is 9.97 Å². The minimum Gasteiger partial charge on any atom is -0.368 e. The Morgan fingerprint density at radius 2 is 1.30 bits per heavy atom. The summed E-state index contributed by atoms with van der Waals surface area (Å²) in [6.07, 6.45) is 6.05. The molecule has 2 aliphatic carbocycles. The number of fused-ring (bicyclic) bond motifs is 9. The van der Waals surface area contributed by atoms with Crippen LogP contribution in [0.25, 0.3) is 66.2 Å². The standard InChI is InChI=1S/C50H37N3S/c1-50(2)41-28-37(20-23-39(41)40-26-33-15-9-10-16-34(33)27-42(40)50)49-53-47-45(54-49)24-21-32-17-18-35-25-36(19-22-38(35)46(32)47)48-51-43(30-11-5-3-6-12-30)29-44(52-48)31-13-7-4-8-14-31/h3-22,24-29,39,49,53H,23H2,1-2H3. The number of anilines is 1. The zero-order valence-electron chi connectivity index (χ0n) is 30.2. The summed E-state index contributed by atoms with van der Waals surface area (Å²) < 4.78 is 0. The van der Waals surface area contributed by atoms with Crippen molar-refractivity contribution < 1.29 is 0 Å². The summed E-state index contributed by atoms with van der Waals surface area (Å²) in [5.41, 5.74) is 12.1. The Morgan fingerprint density at radius 3 is 2.04 bits per heavy atom. The Hall–Kier alpha value is -5.97. The molecule has 4 heteroatoms. The predicted octanol–water partition coefficient (Wildman–Crippen LogP) is 13.1. The number of hydrogen-bond donors (Lipinski definition) is 1. The van der Waals surface area contributed by atoms with Crippen LogP contribution in [0.15, 0.2) is 174 Å². The highest BCUT2D eigenvalue weighted by Gasteiger charge is 2.43. The molecule has 0 fully saturated rings. The van der Waals surface area contributed by atoms with Gasteiger partial charge in [0.25, 0.3) is 0 Å². The van der Waals surface area contributed by atoms with Gasteiger partial charge in [-0.2, -0.15) is 0 Å². The molecule has 54 heavy (non-hydrogen) atoms. The van der Waals surface area contributed by atoms with Gasteiger partial charge in [-0.1, -0.05) is 165 Å². The molecule has 0 amide bonds. The fraction of sp³-hybridized carbons (Fsp3) is 0.120. The van der Waals surface area contributed by atoms with E-state index in [1.807, 2.05) is 23.9 Å². The first-order chi connectivity index (χ1) is 26.5. The van der Waals surface area contributed by atoms with Crippen molar-refractivity contribution in [2.75, 3.05) is 5.32 Å². The normalized spacial score (nSPS) is 18.2. The first-order valence-corrected chi connectivity index (χ1v) is 19.7. The molecule has 1 aliphatic heterocycles. The summed E-state index contributed by atoms with van der Waals surface area (Å²) in [6, 6.07) is 52.3. The maximum absolute atomic E-state index is 5.11. The van der Waals surface area contributed by atoms with Crippen LogP contribution in [0.3, 0.4) is 0 Å². The highest BCUT2D eigenvalue weighted by atomic mass is 32.2. The number of rotatable bonds is 4. The second-order valence-electron chi connectivity index (χ2n) is 15.4. The van der Waals surface area contributed by atoms with Crippen molar-refractivity contribution >= 4 is 49.8 Å². The van der Waals surface area contributed by atoms with E-state index >= 15 is 0 Å². The fourth-order valence-corrected chi connectivity index (χ4v) is 10.3. The predicted molar refractivity (Wildman–Crippen MR) is 227 cm³/mol. The zero-order chi connectivity index (χ0) is 36.0. The van der Waals surface area contributed by atoms with Crippen LogP contribution in [0.1, 0.15) is 37.3 Å². The molecule has 1 N–H and O–H groups in total. The summed E-state index contributed by atoms with van der Waals surface area (Å²) in [7, 11) is 0. The number of allylic oxidation sites excluding steroid dienone is 2. The van der Waals surface area contributed by atoms with Crippen molar-refractivity contribution in [3.8, 4) is 33.9 Å². The number of thioether (sulfide) groups is 1. The molecule has 8 aromatic rings. The van der Waals surface area contributed by atoms with Crippen molar-refractivity contribution in [2.45, 2.75) is 41.9 Å². The molecule has 2 atom stereocenters. The lowest BCUT2D eigenvalue weighted by molar-refractivity contribution is 0.609. The lowest BCUT2D eigenvalue weighted by Crippen LogP contribution is -2.21. The van der Waals surface area contributed by atoms with E-state index in [1.165, 1.54) is 59.6 Å². The summed E-state index contributed by atoms with van der Waals surface area (Å²) in [6.45, 7) is 4.83. The first-order valence-electron chi connectivity index (χ1n) is 18.9. The molecule has 0 saturated heterocycles. The summed E-state index contributed by atoms with van der Waals surface area (Å²) in [5, 5.41) is 11.8. The molecular weight excluding hydrogens is 675 g/mol. The molecule has 3 aliphatic rings. The monoisotopic (exact) mass is 711 g/mol. The van der Waals surface area contributed by atoms with Gasteiger partial charge in [0.1, 0.15) is 5.37 Å². The van der Waals surface area contributed by atoms with E-state index in [2.05, 4.69) is 165 Å². The van der Waals surface area contributed by atoms with Crippen LogP contribution < -0.4 is 5.32 Å². The molecular formula is C50H37N3S. The van der Waals surface area contributed by atoms with Crippen LogP contribution in [-0.4, -0.2) is 15.3 Å². The first kappa shape index (κ1) is 31.5. The topological polar surface area (TPSA) is 37.8 Å². The third kappa shape index (κ3) is 4.97. The van der Waals surface area contributed by atoms with E-state index < -0.39 is 0 Å². The molecule has 2 heterocycles. The molecule has 258 valence electrons. The van der Waals surface area contributed by atoms with Gasteiger partial charge in [-0.05, 0) is 74.3 Å². The van der Waals surface area contributed by atoms with E-state index in [0.717, 1.165) is 40.3 Å². The fourth-order valence-electron chi connectivity index (χ4n) is 9.10. The molecule has 0 bridgehead atoms. The Labute approximate surface area is 319 Å². The molecule has 1 aromatic heterocycles. The van der Waals surface area contributed by atoms with Crippen LogP contribution >= 0.6 is 11.8 Å². The van der Waals surface area contributed by atoms with Gasteiger partial charge in [0.2, 0.25) is 0 Å². The van der Waals surface area contributed by atoms with Gasteiger partial charge in [-0.3, -0.25) is 0 Å². The third-order valence-corrected chi connectivity index (χ3v) is 13.1. The van der Waals surface area contributed by atoms with Crippen LogP contribution in [0.5, 0.6) is 0 Å². The van der Waals surface area contributed by atoms with Crippen molar-refractivity contribution in [3.63, 3.8) is 0 Å². The molecule has 2 unspecified atom stereocenters. The zero-order valence-corrected chi connectivity index (χ0v) is 31.0. The molecule has 0 spiro atoms. The van der Waals surface area contributed by atoms with Gasteiger partial charge in [0.15, 0.2) is 5.82 Å². The largest absolute Gasteiger partial charge is 0.368 e. The summed E-state index contributed by atoms with van der Waals surface area (Å²) in [5.74, 6) is 1.17. The van der Waals surface area contributed by atoms with Crippen molar-refractivity contribution in [1.82, 2.24) is 9.97 Å². The molecule has 7 aromatic carbocycles. The van der Waals surface area contributed by atoms with Crippen molar-refractivity contribution in [3.05, 3.63) is 180 Å². The van der Waals surface area contributed by atoms with E-state index in [0.29, 0.717) is 5.92 Å². The van der Waals surface area contributed by atoms with E-state index in [-0.39, 0.29) is 10.8 Å². The molecule has 0 radical (unpaired) electrons. The van der Waals surface area contributed by atoms with E-state index in [9.17, 15) is 0 Å². The Kier molecular flexibility index (Phi) is 7.03. The maximum Gasteiger partial charge on any atom is 0.160 e. The lowest BCUT2D eigenvalue weighted by atomic mass is 9.77. The Bertz CT molecular complexity index is 2830. The van der Waals surface area contributed by atoms with Crippen LogP contribution in [0.2, 0.25) is 0 Å². The lowest BCUT2D eigenvalue weighted by Gasteiger charge is -2.28. The Balaban J connectivity index is 0.956. The highest BCUT2D eigenvalue weighted by molar-refractivity contribution is 8.00. The highest BCUT2D eigenvalue weighted by Crippen LogP contribution is 2.56. The van der Waals surface area contributed by atoms with Gasteiger partial charge in [-0.15, -0.1) is 0 Å². The quantitative estimate of drug-likeness (QED) is 0.184. The minimum absolute atomic E-state index is 0.00748. The number of nitrogens with zero attached hydrogens (tertiary/aromatic N) is 2. The van der Waals surface area contributed by atoms with Crippen LogP contribution in [-0.2, 0) is 5.41 Å². The summed E-state index contributed by atoms with van der Waals surface area (Å²) >= 11 is 1.94. The molecule has 11 rings (SSSR count). The van der Waals surface area contributed by atoms with Gasteiger partial charge >= 0.3 is 0 Å². The maximum atomic E-state index is 5.11. The average Bonchev–Trinajstić information content (AvgIpc) is 3.76. The summed E-state index contributed by atoms with van der Waals surface area (Å²) in [4.78, 5) is 11.5. The smallest absolute Gasteiger partial charge is 0.160 e. The molecule has 0 saturated carbocycles. The van der Waals surface area contributed by atoms with Crippen LogP contribution in [0, 0.1) is 0 Å². The molecule has 3 nitrogen and oxygen atoms in total. The van der Waals surface area contributed by atoms with Gasteiger partial charge < -0.3 is 5.32 Å². The number of benzene rings is 7. The number of hydrogen-bond acceptors (Lipinski definition) is 4. The second kappa shape index (κ2) is 12.0. The average molecular weight is 712 g/mol. The van der Waals surface area contributed by atoms with Gasteiger partial charge in [0.05, 0.1) is 17.1 Å². The van der Waals surface area contributed by atoms with Crippen molar-refractivity contribution in [2.24, 2.45) is 0 Å². The minimum atomic E-state index is -0.00748. The van der Waals surface area contributed by atoms with Gasteiger partial charge in [-0.25, -0.2) is 9.97 Å². The number of aromatic nitrogens is 2. The third-order valence-electron chi connectivity index (χ3n) is 11.9. The SMILES string of the molecule is CC1(C)C2=CC(C3Nc4c(ccc5ccc6cc(-c7nc(-c8ccccc8)cc(-c8ccccc8)n7)ccc6c45)S3)=CCC2c2cc3ccccc3cc21. The van der Waals surface area contributed by atoms with E-state index in [1.54, 1.807) is 5.57 Å². The Morgan fingerprint density at radius 1 is 0.630 bits per heavy atom.